The molecule has 0 spiro atoms. The maximum Gasteiger partial charge on any atom is 0.0638 e. The van der Waals surface area contributed by atoms with Gasteiger partial charge in [-0.1, -0.05) is 6.92 Å². The van der Waals surface area contributed by atoms with Crippen molar-refractivity contribution in [1.82, 2.24) is 4.90 Å². The van der Waals surface area contributed by atoms with Crippen LogP contribution in [0.4, 0.5) is 0 Å². The van der Waals surface area contributed by atoms with Crippen LogP contribution in [0.15, 0.2) is 0 Å². The Bertz CT molecular complexity index is 214. The molecule has 86 valence electrons. The molecule has 1 heterocycles. The van der Waals surface area contributed by atoms with Crippen molar-refractivity contribution in [2.24, 2.45) is 5.92 Å². The molecule has 0 amide bonds. The Hall–Kier alpha value is -0.590. The molecule has 0 bridgehead atoms. The molecular weight excluding hydrogens is 188 g/mol. The van der Waals surface area contributed by atoms with Crippen LogP contribution in [0.5, 0.6) is 0 Å². The van der Waals surface area contributed by atoms with Gasteiger partial charge in [0.1, 0.15) is 0 Å². The topological polar surface area (TPSA) is 47.3 Å². The fourth-order valence-corrected chi connectivity index (χ4v) is 2.40. The second kappa shape index (κ2) is 6.09. The van der Waals surface area contributed by atoms with Crippen LogP contribution >= 0.6 is 0 Å². The fraction of sp³-hybridized carbons (Fsp3) is 0.917. The molecule has 0 aromatic rings. The van der Waals surface area contributed by atoms with Gasteiger partial charge in [0.05, 0.1) is 18.6 Å². The highest BCUT2D eigenvalue weighted by atomic mass is 16.3. The summed E-state index contributed by atoms with van der Waals surface area (Å²) in [6, 6.07) is 2.68. The lowest BCUT2D eigenvalue weighted by Gasteiger charge is -2.37. The van der Waals surface area contributed by atoms with Gasteiger partial charge in [-0.05, 0) is 45.2 Å². The number of aliphatic hydroxyl groups is 1. The van der Waals surface area contributed by atoms with Gasteiger partial charge < -0.3 is 5.11 Å². The highest BCUT2D eigenvalue weighted by Gasteiger charge is 2.25. The van der Waals surface area contributed by atoms with Crippen LogP contribution in [0.2, 0.25) is 0 Å². The van der Waals surface area contributed by atoms with Crippen molar-refractivity contribution in [2.75, 3.05) is 13.1 Å². The Balaban J connectivity index is 2.39. The van der Waals surface area contributed by atoms with E-state index in [0.717, 1.165) is 32.4 Å². The zero-order valence-corrected chi connectivity index (χ0v) is 9.82. The smallest absolute Gasteiger partial charge is 0.0638 e. The van der Waals surface area contributed by atoms with Crippen molar-refractivity contribution in [3.05, 3.63) is 0 Å². The maximum absolute atomic E-state index is 9.49. The lowest BCUT2D eigenvalue weighted by atomic mass is 9.91. The Morgan fingerprint density at radius 2 is 2.07 bits per heavy atom. The molecule has 1 saturated heterocycles. The zero-order chi connectivity index (χ0) is 11.3. The average molecular weight is 210 g/mol. The van der Waals surface area contributed by atoms with Crippen LogP contribution in [0.3, 0.4) is 0 Å². The first kappa shape index (κ1) is 12.5. The normalized spacial score (nSPS) is 23.3. The molecule has 1 N–H and O–H groups in total. The van der Waals surface area contributed by atoms with Crippen molar-refractivity contribution < 1.29 is 5.11 Å². The molecule has 1 aliphatic rings. The number of hydrogen-bond acceptors (Lipinski definition) is 3. The maximum atomic E-state index is 9.49. The van der Waals surface area contributed by atoms with Gasteiger partial charge in [0.2, 0.25) is 0 Å². The van der Waals surface area contributed by atoms with Crippen molar-refractivity contribution in [2.45, 2.75) is 51.7 Å². The predicted octanol–water partition coefficient (Wildman–Crippen LogP) is 1.77. The van der Waals surface area contributed by atoms with Crippen molar-refractivity contribution in [3.8, 4) is 6.07 Å². The third-order valence-corrected chi connectivity index (χ3v) is 3.57. The summed E-state index contributed by atoms with van der Waals surface area (Å²) in [5.41, 5.74) is 0. The first-order valence-electron chi connectivity index (χ1n) is 5.98. The molecule has 0 aromatic heterocycles. The van der Waals surface area contributed by atoms with Gasteiger partial charge >= 0.3 is 0 Å². The molecule has 1 fully saturated rings. The Labute approximate surface area is 92.7 Å². The summed E-state index contributed by atoms with van der Waals surface area (Å²) in [5.74, 6) is 0.459. The van der Waals surface area contributed by atoms with Gasteiger partial charge in [-0.25, -0.2) is 0 Å². The Morgan fingerprint density at radius 1 is 1.47 bits per heavy atom. The third kappa shape index (κ3) is 3.48. The molecule has 15 heavy (non-hydrogen) atoms. The molecule has 0 aromatic carbocycles. The molecule has 0 radical (unpaired) electrons. The van der Waals surface area contributed by atoms with Crippen molar-refractivity contribution >= 4 is 0 Å². The summed E-state index contributed by atoms with van der Waals surface area (Å²) in [6.07, 6.45) is 3.64. The van der Waals surface area contributed by atoms with E-state index in [1.54, 1.807) is 0 Å². The highest BCUT2D eigenvalue weighted by molar-refractivity contribution is 4.85. The second-order valence-corrected chi connectivity index (χ2v) is 4.54. The molecule has 0 saturated carbocycles. The second-order valence-electron chi connectivity index (χ2n) is 4.54. The average Bonchev–Trinajstić information content (AvgIpc) is 2.26. The van der Waals surface area contributed by atoms with E-state index in [2.05, 4.69) is 17.9 Å². The minimum atomic E-state index is -0.178. The largest absolute Gasteiger partial charge is 0.393 e. The minimum absolute atomic E-state index is 0.178. The molecule has 3 heteroatoms. The monoisotopic (exact) mass is 210 g/mol. The Kier molecular flexibility index (Phi) is 5.07. The van der Waals surface area contributed by atoms with Crippen molar-refractivity contribution in [3.63, 3.8) is 0 Å². The first-order chi connectivity index (χ1) is 7.19. The summed E-state index contributed by atoms with van der Waals surface area (Å²) in [5, 5.41) is 18.2. The van der Waals surface area contributed by atoms with E-state index in [1.807, 2.05) is 6.92 Å². The quantitative estimate of drug-likeness (QED) is 0.769. The number of nitrogens with zero attached hydrogens (tertiary/aromatic N) is 2. The predicted molar refractivity (Wildman–Crippen MR) is 60.3 cm³/mol. The number of hydrogen-bond donors (Lipinski definition) is 1. The van der Waals surface area contributed by atoms with E-state index in [-0.39, 0.29) is 6.10 Å². The summed E-state index contributed by atoms with van der Waals surface area (Å²) >= 11 is 0. The third-order valence-electron chi connectivity index (χ3n) is 3.57. The molecule has 1 rings (SSSR count). The van der Waals surface area contributed by atoms with Crippen molar-refractivity contribution in [1.29, 1.82) is 5.26 Å². The Morgan fingerprint density at radius 3 is 2.47 bits per heavy atom. The molecule has 3 nitrogen and oxygen atoms in total. The van der Waals surface area contributed by atoms with Gasteiger partial charge in [-0.3, -0.25) is 4.90 Å². The highest BCUT2D eigenvalue weighted by Crippen LogP contribution is 2.23. The molecule has 0 aliphatic carbocycles. The molecule has 2 atom stereocenters. The molecule has 1 aliphatic heterocycles. The number of aliphatic hydroxyl groups excluding tert-OH is 1. The number of piperidine rings is 1. The van der Waals surface area contributed by atoms with E-state index in [1.165, 1.54) is 0 Å². The molecular formula is C12H22N2O. The minimum Gasteiger partial charge on any atom is -0.393 e. The van der Waals surface area contributed by atoms with E-state index < -0.39 is 0 Å². The summed E-state index contributed by atoms with van der Waals surface area (Å²) in [4.78, 5) is 2.40. The number of nitriles is 1. The standard InChI is InChI=1S/C12H22N2O/c1-3-12(4-7-13)14-8-5-11(6-9-14)10(2)15/h10-12,15H,3-6,8-9H2,1-2H3. The van der Waals surface area contributed by atoms with E-state index in [9.17, 15) is 5.11 Å². The SMILES string of the molecule is CCC(CC#N)N1CCC(C(C)O)CC1. The summed E-state index contributed by atoms with van der Waals surface area (Å²) in [6.45, 7) is 6.10. The van der Waals surface area contributed by atoms with Crippen LogP contribution in [0.1, 0.15) is 39.5 Å². The van der Waals surface area contributed by atoms with Gasteiger partial charge in [-0.15, -0.1) is 0 Å². The van der Waals surface area contributed by atoms with Gasteiger partial charge in [-0.2, -0.15) is 5.26 Å². The van der Waals surface area contributed by atoms with Crippen LogP contribution < -0.4 is 0 Å². The van der Waals surface area contributed by atoms with Crippen LogP contribution in [-0.4, -0.2) is 35.2 Å². The van der Waals surface area contributed by atoms with E-state index >= 15 is 0 Å². The van der Waals surface area contributed by atoms with E-state index in [0.29, 0.717) is 18.4 Å². The lowest BCUT2D eigenvalue weighted by Crippen LogP contribution is -2.42. The fourth-order valence-electron chi connectivity index (χ4n) is 2.40. The van der Waals surface area contributed by atoms with Crippen LogP contribution in [0.25, 0.3) is 0 Å². The molecule has 2 unspecified atom stereocenters. The van der Waals surface area contributed by atoms with Gasteiger partial charge in [0.15, 0.2) is 0 Å². The first-order valence-corrected chi connectivity index (χ1v) is 5.98. The van der Waals surface area contributed by atoms with Gasteiger partial charge in [0, 0.05) is 6.04 Å². The van der Waals surface area contributed by atoms with E-state index in [4.69, 9.17) is 5.26 Å². The van der Waals surface area contributed by atoms with Crippen LogP contribution in [0, 0.1) is 17.2 Å². The lowest BCUT2D eigenvalue weighted by molar-refractivity contribution is 0.0556. The summed E-state index contributed by atoms with van der Waals surface area (Å²) < 4.78 is 0. The van der Waals surface area contributed by atoms with Gasteiger partial charge in [0.25, 0.3) is 0 Å². The number of likely N-dealkylation sites (tertiary alicyclic amines) is 1. The number of rotatable bonds is 4. The zero-order valence-electron chi connectivity index (χ0n) is 9.82. The van der Waals surface area contributed by atoms with Crippen LogP contribution in [-0.2, 0) is 0 Å². The summed E-state index contributed by atoms with van der Waals surface area (Å²) in [7, 11) is 0.